The highest BCUT2D eigenvalue weighted by atomic mass is 32.1. The molecule has 0 atom stereocenters. The van der Waals surface area contributed by atoms with Crippen LogP contribution in [0.3, 0.4) is 0 Å². The van der Waals surface area contributed by atoms with Crippen molar-refractivity contribution in [3.63, 3.8) is 0 Å². The van der Waals surface area contributed by atoms with Gasteiger partial charge in [0, 0.05) is 28.7 Å². The Kier molecular flexibility index (Phi) is 5.74. The number of ether oxygens (including phenoxy) is 2. The first-order chi connectivity index (χ1) is 15.6. The predicted octanol–water partition coefficient (Wildman–Crippen LogP) is 5.10. The molecule has 0 bridgehead atoms. The third-order valence-corrected chi connectivity index (χ3v) is 6.67. The molecule has 1 aliphatic heterocycles. The first-order valence-corrected chi connectivity index (χ1v) is 11.6. The molecule has 2 aliphatic rings. The molecule has 2 aromatic carbocycles. The van der Waals surface area contributed by atoms with Crippen LogP contribution in [0.4, 0.5) is 5.69 Å². The van der Waals surface area contributed by atoms with E-state index in [2.05, 4.69) is 34.3 Å². The normalized spacial score (nSPS) is 15.7. The molecule has 0 unspecified atom stereocenters. The van der Waals surface area contributed by atoms with E-state index in [1.807, 2.05) is 30.3 Å². The number of H-pyrrole nitrogens is 1. The van der Waals surface area contributed by atoms with Gasteiger partial charge in [-0.2, -0.15) is 0 Å². The van der Waals surface area contributed by atoms with Gasteiger partial charge >= 0.3 is 0 Å². The van der Waals surface area contributed by atoms with Crippen LogP contribution in [-0.2, 0) is 6.54 Å². The second kappa shape index (κ2) is 8.82. The molecule has 6 nitrogen and oxygen atoms in total. The molecule has 1 fully saturated rings. The van der Waals surface area contributed by atoms with Crippen molar-refractivity contribution in [2.24, 2.45) is 0 Å². The molecule has 0 spiro atoms. The number of rotatable bonds is 4. The summed E-state index contributed by atoms with van der Waals surface area (Å²) in [6.07, 6.45) is 5.80. The van der Waals surface area contributed by atoms with Crippen molar-refractivity contribution >= 4 is 33.9 Å². The number of hydrogen-bond acceptors (Lipinski definition) is 4. The standard InChI is InChI=1S/C25H27N3O3S/c1-16-7-9-19(10-8-16)26-25(32)28(20-5-3-2-4-6-20)14-18-11-17-12-22-23(31-15-30-22)13-21(17)27-24(18)29/h7-13,20H,2-6,14-15H2,1H3,(H,26,32)(H,27,29). The van der Waals surface area contributed by atoms with Crippen LogP contribution in [0, 0.1) is 6.92 Å². The molecule has 1 aliphatic carbocycles. The summed E-state index contributed by atoms with van der Waals surface area (Å²) in [6, 6.07) is 14.2. The zero-order valence-corrected chi connectivity index (χ0v) is 19.0. The molecule has 3 aromatic rings. The zero-order valence-electron chi connectivity index (χ0n) is 18.1. The van der Waals surface area contributed by atoms with Gasteiger partial charge in [-0.1, -0.05) is 37.0 Å². The third-order valence-electron chi connectivity index (χ3n) is 6.33. The fraction of sp³-hybridized carbons (Fsp3) is 0.360. The average Bonchev–Trinajstić information content (AvgIpc) is 3.25. The molecule has 166 valence electrons. The molecule has 0 saturated heterocycles. The Bertz CT molecular complexity index is 1200. The number of nitrogens with zero attached hydrogens (tertiary/aromatic N) is 1. The van der Waals surface area contributed by atoms with Crippen molar-refractivity contribution < 1.29 is 9.47 Å². The summed E-state index contributed by atoms with van der Waals surface area (Å²) >= 11 is 5.84. The Morgan fingerprint density at radius 1 is 1.09 bits per heavy atom. The van der Waals surface area contributed by atoms with E-state index in [-0.39, 0.29) is 12.4 Å². The average molecular weight is 450 g/mol. The number of hydrogen-bond donors (Lipinski definition) is 2. The van der Waals surface area contributed by atoms with E-state index < -0.39 is 0 Å². The molecular weight excluding hydrogens is 422 g/mol. The van der Waals surface area contributed by atoms with Crippen LogP contribution >= 0.6 is 12.2 Å². The Morgan fingerprint density at radius 3 is 2.56 bits per heavy atom. The highest BCUT2D eigenvalue weighted by molar-refractivity contribution is 7.80. The van der Waals surface area contributed by atoms with E-state index in [1.165, 1.54) is 24.8 Å². The van der Waals surface area contributed by atoms with Gasteiger partial charge in [-0.3, -0.25) is 4.79 Å². The van der Waals surface area contributed by atoms with Crippen molar-refractivity contribution in [1.82, 2.24) is 9.88 Å². The third kappa shape index (κ3) is 4.30. The van der Waals surface area contributed by atoms with E-state index in [0.717, 1.165) is 29.4 Å². The van der Waals surface area contributed by atoms with Gasteiger partial charge in [0.05, 0.1) is 12.1 Å². The minimum Gasteiger partial charge on any atom is -0.454 e. The highest BCUT2D eigenvalue weighted by Crippen LogP contribution is 2.35. The van der Waals surface area contributed by atoms with Gasteiger partial charge in [-0.05, 0) is 56.2 Å². The molecule has 0 radical (unpaired) electrons. The number of benzene rings is 2. The first-order valence-electron chi connectivity index (χ1n) is 11.2. The van der Waals surface area contributed by atoms with Gasteiger partial charge in [0.2, 0.25) is 6.79 Å². The SMILES string of the molecule is Cc1ccc(NC(=S)N(Cc2cc3cc4c(cc3[nH]c2=O)OCO4)C2CCCCC2)cc1. The van der Waals surface area contributed by atoms with Crippen molar-refractivity contribution in [2.45, 2.75) is 51.6 Å². The Hall–Kier alpha value is -3.06. The second-order valence-corrected chi connectivity index (χ2v) is 9.02. The number of thiocarbonyl (C=S) groups is 1. The molecule has 7 heteroatoms. The number of anilines is 1. The van der Waals surface area contributed by atoms with Gasteiger partial charge in [-0.25, -0.2) is 0 Å². The monoisotopic (exact) mass is 449 g/mol. The van der Waals surface area contributed by atoms with E-state index in [1.54, 1.807) is 0 Å². The molecular formula is C25H27N3O3S. The van der Waals surface area contributed by atoms with E-state index in [4.69, 9.17) is 21.7 Å². The quantitative estimate of drug-likeness (QED) is 0.541. The molecule has 1 saturated carbocycles. The highest BCUT2D eigenvalue weighted by Gasteiger charge is 2.25. The van der Waals surface area contributed by atoms with E-state index in [9.17, 15) is 4.79 Å². The minimum atomic E-state index is -0.102. The van der Waals surface area contributed by atoms with Gasteiger partial charge in [0.1, 0.15) is 0 Å². The fourth-order valence-electron chi connectivity index (χ4n) is 4.53. The summed E-state index contributed by atoms with van der Waals surface area (Å²) in [7, 11) is 0. The van der Waals surface area contributed by atoms with Crippen molar-refractivity contribution in [2.75, 3.05) is 12.1 Å². The van der Waals surface area contributed by atoms with Gasteiger partial charge in [0.25, 0.3) is 5.56 Å². The van der Waals surface area contributed by atoms with Crippen LogP contribution in [-0.4, -0.2) is 27.8 Å². The largest absolute Gasteiger partial charge is 0.454 e. The fourth-order valence-corrected chi connectivity index (χ4v) is 4.87. The maximum atomic E-state index is 13.0. The molecule has 2 N–H and O–H groups in total. The smallest absolute Gasteiger partial charge is 0.253 e. The maximum Gasteiger partial charge on any atom is 0.253 e. The van der Waals surface area contributed by atoms with Gasteiger partial charge in [-0.15, -0.1) is 0 Å². The summed E-state index contributed by atoms with van der Waals surface area (Å²) in [5, 5.41) is 4.97. The summed E-state index contributed by atoms with van der Waals surface area (Å²) in [5.41, 5.74) is 3.49. The lowest BCUT2D eigenvalue weighted by molar-refractivity contribution is 0.174. The Balaban J connectivity index is 1.44. The topological polar surface area (TPSA) is 66.6 Å². The molecule has 5 rings (SSSR count). The lowest BCUT2D eigenvalue weighted by atomic mass is 9.94. The molecule has 2 heterocycles. The Labute approximate surface area is 192 Å². The number of aromatic nitrogens is 1. The number of nitrogens with one attached hydrogen (secondary N) is 2. The van der Waals surface area contributed by atoms with Crippen LogP contribution < -0.4 is 20.3 Å². The number of aryl methyl sites for hydroxylation is 1. The van der Waals surface area contributed by atoms with Crippen LogP contribution in [0.2, 0.25) is 0 Å². The van der Waals surface area contributed by atoms with Gasteiger partial charge < -0.3 is 24.7 Å². The lowest BCUT2D eigenvalue weighted by Crippen LogP contribution is -2.44. The second-order valence-electron chi connectivity index (χ2n) is 8.63. The number of fused-ring (bicyclic) bond motifs is 2. The van der Waals surface area contributed by atoms with Gasteiger partial charge in [0.15, 0.2) is 16.6 Å². The summed E-state index contributed by atoms with van der Waals surface area (Å²) in [4.78, 5) is 18.2. The van der Waals surface area contributed by atoms with Crippen LogP contribution in [0.5, 0.6) is 11.5 Å². The van der Waals surface area contributed by atoms with Crippen LogP contribution in [0.25, 0.3) is 10.9 Å². The summed E-state index contributed by atoms with van der Waals surface area (Å²) < 4.78 is 10.9. The molecule has 1 aromatic heterocycles. The predicted molar refractivity (Wildman–Crippen MR) is 131 cm³/mol. The van der Waals surface area contributed by atoms with Crippen LogP contribution in [0.1, 0.15) is 43.2 Å². The lowest BCUT2D eigenvalue weighted by Gasteiger charge is -2.36. The molecule has 32 heavy (non-hydrogen) atoms. The summed E-state index contributed by atoms with van der Waals surface area (Å²) in [6.45, 7) is 2.73. The summed E-state index contributed by atoms with van der Waals surface area (Å²) in [5.74, 6) is 1.37. The maximum absolute atomic E-state index is 13.0. The van der Waals surface area contributed by atoms with E-state index >= 15 is 0 Å². The first kappa shape index (κ1) is 20.8. The number of aromatic amines is 1. The molecule has 0 amide bonds. The van der Waals surface area contributed by atoms with Crippen LogP contribution in [0.15, 0.2) is 47.3 Å². The Morgan fingerprint density at radius 2 is 1.81 bits per heavy atom. The minimum absolute atomic E-state index is 0.102. The number of pyridine rings is 1. The van der Waals surface area contributed by atoms with Crippen molar-refractivity contribution in [3.8, 4) is 11.5 Å². The van der Waals surface area contributed by atoms with Crippen molar-refractivity contribution in [1.29, 1.82) is 0 Å². The van der Waals surface area contributed by atoms with Crippen molar-refractivity contribution in [3.05, 3.63) is 63.9 Å². The van der Waals surface area contributed by atoms with E-state index in [0.29, 0.717) is 34.8 Å². The zero-order chi connectivity index (χ0) is 22.1.